The van der Waals surface area contributed by atoms with Crippen molar-refractivity contribution in [2.45, 2.75) is 11.8 Å². The van der Waals surface area contributed by atoms with Crippen molar-refractivity contribution in [1.29, 1.82) is 0 Å². The van der Waals surface area contributed by atoms with Gasteiger partial charge in [-0.1, -0.05) is 46.3 Å². The first-order valence-electron chi connectivity index (χ1n) is 5.39. The summed E-state index contributed by atoms with van der Waals surface area (Å²) in [6.45, 7) is 1.82. The molecule has 0 aliphatic rings. The van der Waals surface area contributed by atoms with E-state index in [-0.39, 0.29) is 10.6 Å². The van der Waals surface area contributed by atoms with E-state index in [1.165, 1.54) is 0 Å². The van der Waals surface area contributed by atoms with E-state index in [0.29, 0.717) is 11.3 Å². The zero-order valence-corrected chi connectivity index (χ0v) is 11.3. The van der Waals surface area contributed by atoms with Crippen LogP contribution in [0.15, 0.2) is 36.4 Å². The summed E-state index contributed by atoms with van der Waals surface area (Å²) in [4.78, 5) is 11.8. The van der Waals surface area contributed by atoms with Crippen molar-refractivity contribution >= 4 is 32.5 Å². The van der Waals surface area contributed by atoms with Crippen molar-refractivity contribution in [2.75, 3.05) is 7.11 Å². The third-order valence-electron chi connectivity index (χ3n) is 2.71. The Labute approximate surface area is 109 Å². The fourth-order valence-corrected chi connectivity index (χ4v) is 2.12. The van der Waals surface area contributed by atoms with Crippen LogP contribution in [0.2, 0.25) is 0 Å². The second-order valence-corrected chi connectivity index (χ2v) is 5.22. The molecule has 0 N–H and O–H groups in total. The third-order valence-corrected chi connectivity index (χ3v) is 3.13. The number of ether oxygens (including phenoxy) is 1. The van der Waals surface area contributed by atoms with Gasteiger partial charge in [-0.3, -0.25) is 4.79 Å². The zero-order chi connectivity index (χ0) is 12.4. The molecule has 2 aromatic rings. The maximum absolute atomic E-state index is 12.0. The predicted octanol–water partition coefficient (Wildman–Crippen LogP) is 3.81. The number of fused-ring (bicyclic) bond motifs is 1. The molecule has 0 aromatic heterocycles. The van der Waals surface area contributed by atoms with Gasteiger partial charge in [-0.25, -0.2) is 0 Å². The lowest BCUT2D eigenvalue weighted by atomic mass is 10.0. The van der Waals surface area contributed by atoms with Gasteiger partial charge in [0.05, 0.1) is 17.5 Å². The molecule has 2 aromatic carbocycles. The van der Waals surface area contributed by atoms with Crippen molar-refractivity contribution < 1.29 is 9.53 Å². The van der Waals surface area contributed by atoms with Crippen LogP contribution in [0.1, 0.15) is 17.3 Å². The summed E-state index contributed by atoms with van der Waals surface area (Å²) in [6, 6.07) is 11.6. The van der Waals surface area contributed by atoms with E-state index in [1.807, 2.05) is 43.3 Å². The Balaban J connectivity index is 2.69. The van der Waals surface area contributed by atoms with Crippen LogP contribution in [0, 0.1) is 0 Å². The summed E-state index contributed by atoms with van der Waals surface area (Å²) in [5.74, 6) is 0.687. The number of ketones is 1. The summed E-state index contributed by atoms with van der Waals surface area (Å²) in [5, 5.41) is 2.04. The van der Waals surface area contributed by atoms with Crippen molar-refractivity contribution in [3.05, 3.63) is 42.0 Å². The van der Waals surface area contributed by atoms with E-state index in [1.54, 1.807) is 7.11 Å². The standard InChI is InChI=1S/C14H13BrO2/c1-9(15)13(16)12-8-7-10-5-3-4-6-11(10)14(12)17-2/h3-9H,1-2H3. The lowest BCUT2D eigenvalue weighted by molar-refractivity contribution is 0.0993. The molecule has 0 heterocycles. The molecule has 0 spiro atoms. The molecule has 0 saturated carbocycles. The highest BCUT2D eigenvalue weighted by atomic mass is 79.9. The lowest BCUT2D eigenvalue weighted by Crippen LogP contribution is -2.11. The Morgan fingerprint density at radius 2 is 1.94 bits per heavy atom. The molecule has 0 fully saturated rings. The highest BCUT2D eigenvalue weighted by Gasteiger charge is 2.18. The van der Waals surface area contributed by atoms with E-state index < -0.39 is 0 Å². The van der Waals surface area contributed by atoms with E-state index in [2.05, 4.69) is 15.9 Å². The van der Waals surface area contributed by atoms with Crippen LogP contribution < -0.4 is 4.74 Å². The van der Waals surface area contributed by atoms with Gasteiger partial charge in [0.1, 0.15) is 5.75 Å². The minimum Gasteiger partial charge on any atom is -0.495 e. The van der Waals surface area contributed by atoms with E-state index in [9.17, 15) is 4.79 Å². The molecule has 0 radical (unpaired) electrons. The smallest absolute Gasteiger partial charge is 0.179 e. The molecule has 88 valence electrons. The van der Waals surface area contributed by atoms with Crippen LogP contribution in [-0.2, 0) is 0 Å². The fraction of sp³-hybridized carbons (Fsp3) is 0.214. The Hall–Kier alpha value is -1.35. The van der Waals surface area contributed by atoms with Crippen LogP contribution in [-0.4, -0.2) is 17.7 Å². The molecular weight excluding hydrogens is 280 g/mol. The quantitative estimate of drug-likeness (QED) is 0.635. The van der Waals surface area contributed by atoms with E-state index in [4.69, 9.17) is 4.74 Å². The molecule has 1 unspecified atom stereocenters. The maximum atomic E-state index is 12.0. The van der Waals surface area contributed by atoms with Crippen molar-refractivity contribution in [3.63, 3.8) is 0 Å². The van der Waals surface area contributed by atoms with E-state index >= 15 is 0 Å². The molecule has 17 heavy (non-hydrogen) atoms. The molecule has 0 bridgehead atoms. The molecule has 0 amide bonds. The SMILES string of the molecule is COc1c(C(=O)C(C)Br)ccc2ccccc12. The number of hydrogen-bond donors (Lipinski definition) is 0. The first-order chi connectivity index (χ1) is 8.15. The first kappa shape index (κ1) is 12.1. The van der Waals surface area contributed by atoms with Crippen molar-refractivity contribution in [3.8, 4) is 5.75 Å². The summed E-state index contributed by atoms with van der Waals surface area (Å²) >= 11 is 3.30. The topological polar surface area (TPSA) is 26.3 Å². The maximum Gasteiger partial charge on any atom is 0.179 e. The van der Waals surface area contributed by atoms with Crippen molar-refractivity contribution in [1.82, 2.24) is 0 Å². The molecule has 0 saturated heterocycles. The van der Waals surface area contributed by atoms with Gasteiger partial charge in [0.15, 0.2) is 5.78 Å². The minimum atomic E-state index is -0.211. The van der Waals surface area contributed by atoms with Crippen LogP contribution in [0.5, 0.6) is 5.75 Å². The number of rotatable bonds is 3. The monoisotopic (exact) mass is 292 g/mol. The van der Waals surface area contributed by atoms with Crippen LogP contribution in [0.25, 0.3) is 10.8 Å². The number of Topliss-reactive ketones (excluding diaryl/α,β-unsaturated/α-hetero) is 1. The third kappa shape index (κ3) is 2.20. The number of alkyl halides is 1. The van der Waals surface area contributed by atoms with Gasteiger partial charge >= 0.3 is 0 Å². The van der Waals surface area contributed by atoms with Crippen LogP contribution in [0.3, 0.4) is 0 Å². The Kier molecular flexibility index (Phi) is 3.48. The van der Waals surface area contributed by atoms with Crippen LogP contribution >= 0.6 is 15.9 Å². The summed E-state index contributed by atoms with van der Waals surface area (Å²) in [6.07, 6.45) is 0. The zero-order valence-electron chi connectivity index (χ0n) is 9.74. The average Bonchev–Trinajstić information content (AvgIpc) is 2.36. The molecule has 0 aliphatic carbocycles. The average molecular weight is 293 g/mol. The number of carbonyl (C=O) groups excluding carboxylic acids is 1. The number of halogens is 1. The van der Waals surface area contributed by atoms with Crippen molar-refractivity contribution in [2.24, 2.45) is 0 Å². The second-order valence-electron chi connectivity index (χ2n) is 3.85. The van der Waals surface area contributed by atoms with Gasteiger partial charge < -0.3 is 4.74 Å². The Morgan fingerprint density at radius 1 is 1.24 bits per heavy atom. The number of methoxy groups -OCH3 is 1. The normalized spacial score (nSPS) is 12.4. The predicted molar refractivity (Wildman–Crippen MR) is 73.2 cm³/mol. The minimum absolute atomic E-state index is 0.0348. The van der Waals surface area contributed by atoms with Gasteiger partial charge in [-0.2, -0.15) is 0 Å². The molecule has 2 nitrogen and oxygen atoms in total. The highest BCUT2D eigenvalue weighted by molar-refractivity contribution is 9.10. The largest absolute Gasteiger partial charge is 0.495 e. The summed E-state index contributed by atoms with van der Waals surface area (Å²) in [7, 11) is 1.59. The lowest BCUT2D eigenvalue weighted by Gasteiger charge is -2.11. The molecule has 0 aliphatic heterocycles. The summed E-state index contributed by atoms with van der Waals surface area (Å²) in [5.41, 5.74) is 0.621. The summed E-state index contributed by atoms with van der Waals surface area (Å²) < 4.78 is 5.39. The van der Waals surface area contributed by atoms with Crippen LogP contribution in [0.4, 0.5) is 0 Å². The van der Waals surface area contributed by atoms with Gasteiger partial charge in [0.25, 0.3) is 0 Å². The van der Waals surface area contributed by atoms with Gasteiger partial charge in [0.2, 0.25) is 0 Å². The molecule has 3 heteroatoms. The Morgan fingerprint density at radius 3 is 2.59 bits per heavy atom. The number of benzene rings is 2. The van der Waals surface area contributed by atoms with Gasteiger partial charge in [0, 0.05) is 5.39 Å². The molecule has 2 rings (SSSR count). The highest BCUT2D eigenvalue weighted by Crippen LogP contribution is 2.31. The molecular formula is C14H13BrO2. The fourth-order valence-electron chi connectivity index (χ4n) is 1.87. The number of carbonyl (C=O) groups is 1. The van der Waals surface area contributed by atoms with Gasteiger partial charge in [-0.05, 0) is 18.4 Å². The van der Waals surface area contributed by atoms with Gasteiger partial charge in [-0.15, -0.1) is 0 Å². The molecule has 1 atom stereocenters. The second kappa shape index (κ2) is 4.88. The number of hydrogen-bond acceptors (Lipinski definition) is 2. The van der Waals surface area contributed by atoms with E-state index in [0.717, 1.165) is 10.8 Å². The first-order valence-corrected chi connectivity index (χ1v) is 6.30. The Bertz CT molecular complexity index is 561.